The van der Waals surface area contributed by atoms with Gasteiger partial charge in [0.05, 0.1) is 27.0 Å². The van der Waals surface area contributed by atoms with Crippen molar-refractivity contribution in [1.82, 2.24) is 0 Å². The zero-order valence-electron chi connectivity index (χ0n) is 13.7. The molecule has 0 saturated heterocycles. The van der Waals surface area contributed by atoms with E-state index in [2.05, 4.69) is 0 Å². The number of halogens is 4. The summed E-state index contributed by atoms with van der Waals surface area (Å²) < 4.78 is 0. The molecule has 4 rings (SSSR count). The van der Waals surface area contributed by atoms with E-state index in [1.807, 2.05) is 24.3 Å². The van der Waals surface area contributed by atoms with Gasteiger partial charge in [0.2, 0.25) is 0 Å². The number of nitrogens with zero attached hydrogens (tertiary/aromatic N) is 1. The molecule has 1 amide bonds. The van der Waals surface area contributed by atoms with Crippen molar-refractivity contribution >= 4 is 75.3 Å². The van der Waals surface area contributed by atoms with E-state index in [1.54, 1.807) is 42.5 Å². The molecule has 0 unspecified atom stereocenters. The molecule has 2 nitrogen and oxygen atoms in total. The van der Waals surface area contributed by atoms with Crippen LogP contribution in [0.4, 0.5) is 11.4 Å². The van der Waals surface area contributed by atoms with Gasteiger partial charge >= 0.3 is 0 Å². The Morgan fingerprint density at radius 1 is 0.778 bits per heavy atom. The van der Waals surface area contributed by atoms with Crippen LogP contribution in [0.1, 0.15) is 11.1 Å². The van der Waals surface area contributed by atoms with Crippen LogP contribution in [-0.4, -0.2) is 5.91 Å². The molecule has 27 heavy (non-hydrogen) atoms. The lowest BCUT2D eigenvalue weighted by Gasteiger charge is -2.20. The van der Waals surface area contributed by atoms with Crippen molar-refractivity contribution in [3.05, 3.63) is 91.9 Å². The van der Waals surface area contributed by atoms with E-state index in [-0.39, 0.29) is 5.91 Å². The first-order valence-electron chi connectivity index (χ1n) is 8.02. The zero-order chi connectivity index (χ0) is 19.1. The van der Waals surface area contributed by atoms with Crippen LogP contribution in [0, 0.1) is 0 Å². The Kier molecular flexibility index (Phi) is 4.92. The quantitative estimate of drug-likeness (QED) is 0.382. The highest BCUT2D eigenvalue weighted by molar-refractivity contribution is 6.45. The maximum atomic E-state index is 13.3. The van der Waals surface area contributed by atoms with Crippen molar-refractivity contribution < 1.29 is 4.79 Å². The van der Waals surface area contributed by atoms with Gasteiger partial charge in [-0.2, -0.15) is 0 Å². The number of para-hydroxylation sites is 2. The van der Waals surface area contributed by atoms with Gasteiger partial charge in [0, 0.05) is 15.6 Å². The number of carbonyl (C=O) groups excluding carboxylic acids is 1. The average molecular weight is 435 g/mol. The van der Waals surface area contributed by atoms with Crippen LogP contribution in [0.25, 0.3) is 11.6 Å². The van der Waals surface area contributed by atoms with Crippen molar-refractivity contribution in [1.29, 1.82) is 0 Å². The van der Waals surface area contributed by atoms with E-state index in [4.69, 9.17) is 46.4 Å². The van der Waals surface area contributed by atoms with Crippen molar-refractivity contribution in [3.8, 4) is 0 Å². The summed E-state index contributed by atoms with van der Waals surface area (Å²) in [6, 6.07) is 17.8. The third-order valence-electron chi connectivity index (χ3n) is 4.29. The minimum atomic E-state index is -0.225. The van der Waals surface area contributed by atoms with Gasteiger partial charge in [0.15, 0.2) is 0 Å². The Labute approximate surface area is 176 Å². The SMILES string of the molecule is O=C1/C(=C\c2ccc(Cl)cc2Cl)c2ccccc2N1c1c(Cl)cccc1Cl. The summed E-state index contributed by atoms with van der Waals surface area (Å²) in [6.45, 7) is 0. The molecule has 0 radical (unpaired) electrons. The van der Waals surface area contributed by atoms with Crippen LogP contribution in [0.5, 0.6) is 0 Å². The Hall–Kier alpha value is -1.97. The van der Waals surface area contributed by atoms with E-state index in [1.165, 1.54) is 4.90 Å². The highest BCUT2D eigenvalue weighted by atomic mass is 35.5. The highest BCUT2D eigenvalue weighted by Gasteiger charge is 2.35. The summed E-state index contributed by atoms with van der Waals surface area (Å²) in [6.07, 6.45) is 1.75. The number of rotatable bonds is 2. The third kappa shape index (κ3) is 3.24. The van der Waals surface area contributed by atoms with Crippen molar-refractivity contribution in [2.24, 2.45) is 0 Å². The summed E-state index contributed by atoms with van der Waals surface area (Å²) >= 11 is 25.0. The predicted octanol–water partition coefficient (Wildman–Crippen LogP) is 7.52. The Bertz CT molecular complexity index is 1090. The monoisotopic (exact) mass is 433 g/mol. The smallest absolute Gasteiger partial charge is 0.263 e. The second kappa shape index (κ2) is 7.21. The number of hydrogen-bond acceptors (Lipinski definition) is 1. The van der Waals surface area contributed by atoms with Gasteiger partial charge in [-0.25, -0.2) is 0 Å². The van der Waals surface area contributed by atoms with E-state index in [0.717, 1.165) is 5.56 Å². The molecule has 0 atom stereocenters. The van der Waals surface area contributed by atoms with Crippen LogP contribution >= 0.6 is 46.4 Å². The molecule has 0 spiro atoms. The molecule has 3 aromatic rings. The van der Waals surface area contributed by atoms with E-state index >= 15 is 0 Å². The van der Waals surface area contributed by atoms with Crippen molar-refractivity contribution in [2.75, 3.05) is 4.90 Å². The second-order valence-corrected chi connectivity index (χ2v) is 7.61. The maximum absolute atomic E-state index is 13.3. The highest BCUT2D eigenvalue weighted by Crippen LogP contribution is 2.47. The molecule has 6 heteroatoms. The molecule has 0 aromatic heterocycles. The number of carbonyl (C=O) groups is 1. The lowest BCUT2D eigenvalue weighted by Crippen LogP contribution is -2.21. The topological polar surface area (TPSA) is 20.3 Å². The number of benzene rings is 3. The Balaban J connectivity index is 1.92. The molecule has 1 aliphatic heterocycles. The zero-order valence-corrected chi connectivity index (χ0v) is 16.7. The van der Waals surface area contributed by atoms with Crippen molar-refractivity contribution in [2.45, 2.75) is 0 Å². The van der Waals surface area contributed by atoms with E-state index < -0.39 is 0 Å². The first-order chi connectivity index (χ1) is 13.0. The van der Waals surface area contributed by atoms with E-state index in [9.17, 15) is 4.79 Å². The summed E-state index contributed by atoms with van der Waals surface area (Å²) in [5.74, 6) is -0.225. The van der Waals surface area contributed by atoms with Crippen LogP contribution in [0.3, 0.4) is 0 Å². The van der Waals surface area contributed by atoms with Crippen LogP contribution < -0.4 is 4.90 Å². The van der Waals surface area contributed by atoms with Gasteiger partial charge in [-0.05, 0) is 42.0 Å². The normalized spacial score (nSPS) is 14.7. The van der Waals surface area contributed by atoms with Gasteiger partial charge in [-0.1, -0.05) is 76.7 Å². The minimum absolute atomic E-state index is 0.225. The van der Waals surface area contributed by atoms with Crippen LogP contribution in [0.15, 0.2) is 60.7 Å². The molecule has 1 heterocycles. The molecular weight excluding hydrogens is 424 g/mol. The van der Waals surface area contributed by atoms with E-state index in [0.29, 0.717) is 42.6 Å². The van der Waals surface area contributed by atoms with Crippen LogP contribution in [0.2, 0.25) is 20.1 Å². The van der Waals surface area contributed by atoms with Gasteiger partial charge in [0.25, 0.3) is 5.91 Å². The van der Waals surface area contributed by atoms with Gasteiger partial charge in [-0.3, -0.25) is 9.69 Å². The average Bonchev–Trinajstić information content (AvgIpc) is 2.90. The first-order valence-corrected chi connectivity index (χ1v) is 9.53. The molecule has 0 saturated carbocycles. The summed E-state index contributed by atoms with van der Waals surface area (Å²) in [4.78, 5) is 14.9. The Morgan fingerprint density at radius 3 is 2.19 bits per heavy atom. The molecule has 134 valence electrons. The van der Waals surface area contributed by atoms with Crippen molar-refractivity contribution in [3.63, 3.8) is 0 Å². The predicted molar refractivity (Wildman–Crippen MR) is 114 cm³/mol. The van der Waals surface area contributed by atoms with Gasteiger partial charge < -0.3 is 0 Å². The fourth-order valence-electron chi connectivity index (χ4n) is 3.08. The van der Waals surface area contributed by atoms with Gasteiger partial charge in [-0.15, -0.1) is 0 Å². The molecule has 1 aliphatic rings. The molecule has 0 fully saturated rings. The summed E-state index contributed by atoms with van der Waals surface area (Å²) in [5.41, 5.74) is 3.17. The standard InChI is InChI=1S/C21H11Cl4NO/c22-13-9-8-12(18(25)11-13)10-15-14-4-1-2-7-19(14)26(21(15)27)20-16(23)5-3-6-17(20)24/h1-11H/b15-10-. The summed E-state index contributed by atoms with van der Waals surface area (Å²) in [7, 11) is 0. The fraction of sp³-hybridized carbons (Fsp3) is 0. The molecule has 0 bridgehead atoms. The van der Waals surface area contributed by atoms with Crippen LogP contribution in [-0.2, 0) is 4.79 Å². The summed E-state index contributed by atoms with van der Waals surface area (Å²) in [5, 5.41) is 1.80. The second-order valence-electron chi connectivity index (χ2n) is 5.95. The number of fused-ring (bicyclic) bond motifs is 1. The minimum Gasteiger partial charge on any atom is -0.273 e. The molecule has 0 aliphatic carbocycles. The lowest BCUT2D eigenvalue weighted by atomic mass is 10.0. The number of amides is 1. The Morgan fingerprint density at radius 2 is 1.48 bits per heavy atom. The molecular formula is C21H11Cl4NO. The fourth-order valence-corrected chi connectivity index (χ4v) is 4.11. The number of anilines is 2. The van der Waals surface area contributed by atoms with Gasteiger partial charge in [0.1, 0.15) is 0 Å². The number of hydrogen-bond donors (Lipinski definition) is 0. The largest absolute Gasteiger partial charge is 0.273 e. The third-order valence-corrected chi connectivity index (χ3v) is 5.46. The first kappa shape index (κ1) is 18.4. The molecule has 3 aromatic carbocycles. The maximum Gasteiger partial charge on any atom is 0.263 e. The molecule has 0 N–H and O–H groups in total. The lowest BCUT2D eigenvalue weighted by molar-refractivity contribution is -0.112.